The lowest BCUT2D eigenvalue weighted by Gasteiger charge is -2.15. The molecule has 3 aromatic rings. The number of anilines is 1. The smallest absolute Gasteiger partial charge is 0.237 e. The van der Waals surface area contributed by atoms with E-state index >= 15 is 0 Å². The zero-order valence-electron chi connectivity index (χ0n) is 16.6. The average Bonchev–Trinajstić information content (AvgIpc) is 3.43. The third-order valence-corrected chi connectivity index (χ3v) is 6.82. The Morgan fingerprint density at radius 2 is 2.03 bits per heavy atom. The fraction of sp³-hybridized carbons (Fsp3) is 0.333. The van der Waals surface area contributed by atoms with Gasteiger partial charge in [-0.15, -0.1) is 5.10 Å². The molecule has 1 aromatic heterocycles. The van der Waals surface area contributed by atoms with Crippen molar-refractivity contribution < 1.29 is 9.53 Å². The van der Waals surface area contributed by atoms with Crippen LogP contribution in [0.1, 0.15) is 19.8 Å². The van der Waals surface area contributed by atoms with Gasteiger partial charge in [-0.05, 0) is 54.5 Å². The van der Waals surface area contributed by atoms with Crippen molar-refractivity contribution in [3.05, 3.63) is 54.6 Å². The molecule has 2 aromatic carbocycles. The van der Waals surface area contributed by atoms with Crippen molar-refractivity contribution in [2.45, 2.75) is 52.6 Å². The first kappa shape index (κ1) is 20.9. The number of para-hydroxylation sites is 1. The lowest BCUT2D eigenvalue weighted by Crippen LogP contribution is -2.24. The van der Waals surface area contributed by atoms with Gasteiger partial charge in [0.25, 0.3) is 0 Å². The second kappa shape index (κ2) is 10.1. The van der Waals surface area contributed by atoms with E-state index in [1.807, 2.05) is 49.4 Å². The number of aromatic nitrogens is 4. The number of nitrogens with zero attached hydrogens (tertiary/aromatic N) is 4. The number of carbonyl (C=O) groups is 1. The Morgan fingerprint density at radius 1 is 1.23 bits per heavy atom. The van der Waals surface area contributed by atoms with E-state index in [4.69, 9.17) is 4.74 Å². The van der Waals surface area contributed by atoms with Gasteiger partial charge in [0, 0.05) is 16.4 Å². The van der Waals surface area contributed by atoms with Crippen molar-refractivity contribution in [1.29, 1.82) is 0 Å². The Labute approximate surface area is 184 Å². The summed E-state index contributed by atoms with van der Waals surface area (Å²) in [5.74, 6) is -0.0900. The van der Waals surface area contributed by atoms with Gasteiger partial charge in [0.1, 0.15) is 0 Å². The highest BCUT2D eigenvalue weighted by Gasteiger charge is 2.22. The maximum absolute atomic E-state index is 12.9. The molecule has 2 heterocycles. The Hall–Kier alpha value is -2.36. The molecule has 0 unspecified atom stereocenters. The fourth-order valence-corrected chi connectivity index (χ4v) is 4.82. The second-order valence-electron chi connectivity index (χ2n) is 6.94. The molecular formula is C21H23N5O2S2. The Bertz CT molecular complexity index is 976. The quantitative estimate of drug-likeness (QED) is 0.527. The van der Waals surface area contributed by atoms with Crippen LogP contribution in [0.2, 0.25) is 0 Å². The van der Waals surface area contributed by atoms with Gasteiger partial charge < -0.3 is 10.1 Å². The largest absolute Gasteiger partial charge is 0.376 e. The molecule has 0 bridgehead atoms. The van der Waals surface area contributed by atoms with Gasteiger partial charge in [-0.3, -0.25) is 4.79 Å². The van der Waals surface area contributed by atoms with Crippen LogP contribution in [0.15, 0.2) is 69.5 Å². The molecule has 1 aliphatic heterocycles. The molecular weight excluding hydrogens is 418 g/mol. The number of hydrogen-bond acceptors (Lipinski definition) is 7. The predicted molar refractivity (Wildman–Crippen MR) is 118 cm³/mol. The standard InChI is InChI=1S/C21H23N5O2S2/c1-15(29-21-23-24-25-26(21)14-16-8-7-13-28-16)20(27)22-18-11-5-6-12-19(18)30-17-9-3-2-4-10-17/h2-6,9-12,15-16H,7-8,13-14H2,1H3,(H,22,27)/t15-,16-/m0/s1. The van der Waals surface area contributed by atoms with Gasteiger partial charge in [-0.25, -0.2) is 4.68 Å². The summed E-state index contributed by atoms with van der Waals surface area (Å²) in [4.78, 5) is 15.0. The Morgan fingerprint density at radius 3 is 2.83 bits per heavy atom. The number of thioether (sulfide) groups is 1. The number of rotatable bonds is 8. The summed E-state index contributed by atoms with van der Waals surface area (Å²) in [6.45, 7) is 3.26. The van der Waals surface area contributed by atoms with Crippen molar-refractivity contribution >= 4 is 35.1 Å². The van der Waals surface area contributed by atoms with Crippen LogP contribution in [0.4, 0.5) is 5.69 Å². The molecule has 7 nitrogen and oxygen atoms in total. The van der Waals surface area contributed by atoms with Gasteiger partial charge in [-0.1, -0.05) is 53.9 Å². The number of nitrogens with one attached hydrogen (secondary N) is 1. The molecule has 1 saturated heterocycles. The zero-order valence-corrected chi connectivity index (χ0v) is 18.2. The molecule has 0 aliphatic carbocycles. The topological polar surface area (TPSA) is 81.9 Å². The van der Waals surface area contributed by atoms with E-state index in [-0.39, 0.29) is 17.3 Å². The Balaban J connectivity index is 1.39. The molecule has 0 spiro atoms. The number of carbonyl (C=O) groups excluding carboxylic acids is 1. The first-order valence-electron chi connectivity index (χ1n) is 9.86. The van der Waals surface area contributed by atoms with Crippen LogP contribution in [0.5, 0.6) is 0 Å². The first-order valence-corrected chi connectivity index (χ1v) is 11.6. The van der Waals surface area contributed by atoms with Crippen LogP contribution < -0.4 is 5.32 Å². The minimum absolute atomic E-state index is 0.0900. The van der Waals surface area contributed by atoms with Gasteiger partial charge in [0.05, 0.1) is 23.6 Å². The summed E-state index contributed by atoms with van der Waals surface area (Å²) >= 11 is 2.97. The highest BCUT2D eigenvalue weighted by atomic mass is 32.2. The number of amides is 1. The minimum atomic E-state index is -0.353. The van der Waals surface area contributed by atoms with Crippen molar-refractivity contribution in [2.75, 3.05) is 11.9 Å². The molecule has 0 saturated carbocycles. The van der Waals surface area contributed by atoms with Gasteiger partial charge in [0.15, 0.2) is 0 Å². The van der Waals surface area contributed by atoms with Crippen LogP contribution in [0.3, 0.4) is 0 Å². The maximum atomic E-state index is 12.9. The van der Waals surface area contributed by atoms with Gasteiger partial charge >= 0.3 is 0 Å². The summed E-state index contributed by atoms with van der Waals surface area (Å²) in [6.07, 6.45) is 2.21. The number of benzene rings is 2. The lowest BCUT2D eigenvalue weighted by molar-refractivity contribution is -0.115. The molecule has 2 atom stereocenters. The molecule has 0 radical (unpaired) electrons. The summed E-state index contributed by atoms with van der Waals surface area (Å²) in [5, 5.41) is 15.2. The van der Waals surface area contributed by atoms with Crippen molar-refractivity contribution in [3.8, 4) is 0 Å². The summed E-state index contributed by atoms with van der Waals surface area (Å²) in [6, 6.07) is 17.9. The van der Waals surface area contributed by atoms with Crippen molar-refractivity contribution in [1.82, 2.24) is 20.2 Å². The Kier molecular flexibility index (Phi) is 7.03. The predicted octanol–water partition coefficient (Wildman–Crippen LogP) is 4.12. The third kappa shape index (κ3) is 5.41. The first-order chi connectivity index (χ1) is 14.7. The number of ether oxygens (including phenoxy) is 1. The van der Waals surface area contributed by atoms with E-state index < -0.39 is 0 Å². The molecule has 1 fully saturated rings. The van der Waals surface area contributed by atoms with Crippen LogP contribution in [0.25, 0.3) is 0 Å². The van der Waals surface area contributed by atoms with Gasteiger partial charge in [0.2, 0.25) is 11.1 Å². The van der Waals surface area contributed by atoms with Crippen molar-refractivity contribution in [3.63, 3.8) is 0 Å². The molecule has 4 rings (SSSR count). The van der Waals surface area contributed by atoms with Crippen LogP contribution in [0, 0.1) is 0 Å². The van der Waals surface area contributed by atoms with Crippen molar-refractivity contribution in [2.24, 2.45) is 0 Å². The molecule has 9 heteroatoms. The fourth-order valence-electron chi connectivity index (χ4n) is 3.10. The lowest BCUT2D eigenvalue weighted by atomic mass is 10.2. The maximum Gasteiger partial charge on any atom is 0.237 e. The van der Waals surface area contributed by atoms with E-state index in [0.717, 1.165) is 34.9 Å². The normalized spacial score (nSPS) is 17.0. The van der Waals surface area contributed by atoms with Crippen LogP contribution in [-0.2, 0) is 16.1 Å². The van der Waals surface area contributed by atoms with Crippen LogP contribution >= 0.6 is 23.5 Å². The van der Waals surface area contributed by atoms with E-state index in [2.05, 4.69) is 33.0 Å². The highest BCUT2D eigenvalue weighted by molar-refractivity contribution is 8.00. The van der Waals surface area contributed by atoms with E-state index in [1.54, 1.807) is 16.4 Å². The molecule has 1 aliphatic rings. The second-order valence-corrected chi connectivity index (χ2v) is 9.36. The van der Waals surface area contributed by atoms with E-state index in [9.17, 15) is 4.79 Å². The van der Waals surface area contributed by atoms with Crippen LogP contribution in [-0.4, -0.2) is 44.1 Å². The van der Waals surface area contributed by atoms with E-state index in [0.29, 0.717) is 11.7 Å². The van der Waals surface area contributed by atoms with Gasteiger partial charge in [-0.2, -0.15) is 0 Å². The van der Waals surface area contributed by atoms with E-state index in [1.165, 1.54) is 11.8 Å². The monoisotopic (exact) mass is 441 g/mol. The zero-order chi connectivity index (χ0) is 20.8. The SMILES string of the molecule is C[C@H](Sc1nnnn1C[C@@H]1CCCO1)C(=O)Nc1ccccc1Sc1ccccc1. The summed E-state index contributed by atoms with van der Waals surface area (Å²) in [7, 11) is 0. The molecule has 156 valence electrons. The highest BCUT2D eigenvalue weighted by Crippen LogP contribution is 2.33. The summed E-state index contributed by atoms with van der Waals surface area (Å²) < 4.78 is 7.39. The summed E-state index contributed by atoms with van der Waals surface area (Å²) in [5.41, 5.74) is 0.794. The third-order valence-electron chi connectivity index (χ3n) is 4.67. The minimum Gasteiger partial charge on any atom is -0.376 e. The molecule has 1 amide bonds. The number of tetrazole rings is 1. The number of hydrogen-bond donors (Lipinski definition) is 1. The molecule has 30 heavy (non-hydrogen) atoms. The average molecular weight is 442 g/mol. The molecule has 1 N–H and O–H groups in total.